The van der Waals surface area contributed by atoms with Crippen molar-refractivity contribution in [3.05, 3.63) is 75.9 Å². The largest absolute Gasteiger partial charge is 0.486 e. The molecule has 1 N–H and O–H groups in total. The zero-order valence-electron chi connectivity index (χ0n) is 24.5. The van der Waals surface area contributed by atoms with E-state index in [1.807, 2.05) is 61.1 Å². The number of esters is 1. The van der Waals surface area contributed by atoms with Crippen molar-refractivity contribution >= 4 is 40.0 Å². The van der Waals surface area contributed by atoms with Crippen molar-refractivity contribution in [3.63, 3.8) is 0 Å². The maximum Gasteiger partial charge on any atom is 0.341 e. The Labute approximate surface area is 249 Å². The minimum absolute atomic E-state index is 0.0755. The van der Waals surface area contributed by atoms with Crippen molar-refractivity contribution in [1.82, 2.24) is 14.8 Å². The lowest BCUT2D eigenvalue weighted by Gasteiger charge is -2.19. The molecule has 2 aromatic heterocycles. The van der Waals surface area contributed by atoms with E-state index in [9.17, 15) is 9.59 Å². The fraction of sp³-hybridized carbons (Fsp3) is 0.355. The summed E-state index contributed by atoms with van der Waals surface area (Å²) in [6.07, 6.45) is 0. The molecule has 4 aromatic rings. The summed E-state index contributed by atoms with van der Waals surface area (Å²) < 4.78 is 13.0. The number of thioether (sulfide) groups is 1. The van der Waals surface area contributed by atoms with Crippen molar-refractivity contribution < 1.29 is 19.1 Å². The van der Waals surface area contributed by atoms with Crippen molar-refractivity contribution in [2.24, 2.45) is 0 Å². The van der Waals surface area contributed by atoms with Gasteiger partial charge in [0, 0.05) is 17.5 Å². The van der Waals surface area contributed by atoms with E-state index in [0.717, 1.165) is 28.0 Å². The topological polar surface area (TPSA) is 95.3 Å². The number of hydrogen-bond donors (Lipinski definition) is 1. The molecule has 2 heterocycles. The van der Waals surface area contributed by atoms with Crippen LogP contribution in [0.1, 0.15) is 60.6 Å². The SMILES string of the molecule is CCn1c(COc2ccc(C(C)(C)C)cc2)nnc1SCC(=O)Nc1scc(-c2cc(C)ccc2C)c1C(=O)OC. The smallest absolute Gasteiger partial charge is 0.341 e. The summed E-state index contributed by atoms with van der Waals surface area (Å²) >= 11 is 2.59. The number of nitrogens with one attached hydrogen (secondary N) is 1. The molecule has 10 heteroatoms. The average Bonchev–Trinajstić information content (AvgIpc) is 3.54. The minimum atomic E-state index is -0.492. The van der Waals surface area contributed by atoms with Crippen LogP contribution in [0.4, 0.5) is 5.00 Å². The number of ether oxygens (including phenoxy) is 2. The number of nitrogens with zero attached hydrogens (tertiary/aromatic N) is 3. The van der Waals surface area contributed by atoms with E-state index in [1.165, 1.54) is 35.8 Å². The third-order valence-corrected chi connectivity index (χ3v) is 8.51. The molecule has 1 amide bonds. The second-order valence-corrected chi connectivity index (χ2v) is 12.5. The summed E-state index contributed by atoms with van der Waals surface area (Å²) in [6, 6.07) is 14.2. The second kappa shape index (κ2) is 12.9. The van der Waals surface area contributed by atoms with Crippen LogP contribution < -0.4 is 10.1 Å². The predicted molar refractivity (Wildman–Crippen MR) is 165 cm³/mol. The Morgan fingerprint density at radius 3 is 2.44 bits per heavy atom. The molecule has 0 radical (unpaired) electrons. The highest BCUT2D eigenvalue weighted by Gasteiger charge is 2.24. The Bertz CT molecular complexity index is 1530. The van der Waals surface area contributed by atoms with Gasteiger partial charge in [-0.1, -0.05) is 68.4 Å². The molecular formula is C31H36N4O4S2. The standard InChI is InChI=1S/C31H36N4O4S2/c1-8-35-25(16-39-22-13-11-21(12-14-22)31(4,5)6)33-34-30(35)41-18-26(36)32-28-27(29(37)38-7)24(17-40-28)23-15-19(2)9-10-20(23)3/h9-15,17H,8,16,18H2,1-7H3,(H,32,36). The first-order valence-corrected chi connectivity index (χ1v) is 15.2. The molecule has 0 bridgehead atoms. The Morgan fingerprint density at radius 2 is 1.78 bits per heavy atom. The van der Waals surface area contributed by atoms with Crippen LogP contribution >= 0.6 is 23.1 Å². The van der Waals surface area contributed by atoms with Gasteiger partial charge in [0.15, 0.2) is 11.0 Å². The molecule has 0 saturated carbocycles. The second-order valence-electron chi connectivity index (χ2n) is 10.7. The first-order chi connectivity index (χ1) is 19.5. The van der Waals surface area contributed by atoms with Gasteiger partial charge >= 0.3 is 5.97 Å². The molecule has 0 fully saturated rings. The number of benzene rings is 2. The summed E-state index contributed by atoms with van der Waals surface area (Å²) in [4.78, 5) is 25.7. The first kappa shape index (κ1) is 30.3. The van der Waals surface area contributed by atoms with Gasteiger partial charge in [-0.2, -0.15) is 0 Å². The summed E-state index contributed by atoms with van der Waals surface area (Å²) in [7, 11) is 1.34. The van der Waals surface area contributed by atoms with Crippen LogP contribution in [0.2, 0.25) is 0 Å². The van der Waals surface area contributed by atoms with Crippen LogP contribution in [0.3, 0.4) is 0 Å². The number of anilines is 1. The zero-order chi connectivity index (χ0) is 29.7. The molecular weight excluding hydrogens is 556 g/mol. The maximum atomic E-state index is 13.0. The van der Waals surface area contributed by atoms with E-state index in [1.54, 1.807) is 0 Å². The Hall–Kier alpha value is -3.63. The van der Waals surface area contributed by atoms with Gasteiger partial charge in [0.2, 0.25) is 5.91 Å². The molecule has 4 rings (SSSR count). The molecule has 0 aliphatic heterocycles. The first-order valence-electron chi connectivity index (χ1n) is 13.4. The van der Waals surface area contributed by atoms with Crippen LogP contribution in [-0.2, 0) is 28.1 Å². The van der Waals surface area contributed by atoms with Crippen molar-refractivity contribution in [2.75, 3.05) is 18.2 Å². The number of rotatable bonds is 10. The molecule has 2 aromatic carbocycles. The summed E-state index contributed by atoms with van der Waals surface area (Å²) in [5, 5.41) is 14.5. The number of thiophene rings is 1. The lowest BCUT2D eigenvalue weighted by molar-refractivity contribution is -0.113. The normalized spacial score (nSPS) is 11.4. The van der Waals surface area contributed by atoms with Crippen LogP contribution in [0.25, 0.3) is 11.1 Å². The Balaban J connectivity index is 1.42. The van der Waals surface area contributed by atoms with E-state index < -0.39 is 5.97 Å². The highest BCUT2D eigenvalue weighted by atomic mass is 32.2. The van der Waals surface area contributed by atoms with E-state index in [4.69, 9.17) is 9.47 Å². The molecule has 0 aliphatic rings. The van der Waals surface area contributed by atoms with Crippen LogP contribution in [0.5, 0.6) is 5.75 Å². The van der Waals surface area contributed by atoms with Gasteiger partial charge in [0.25, 0.3) is 0 Å². The van der Waals surface area contributed by atoms with Gasteiger partial charge in [-0.15, -0.1) is 21.5 Å². The van der Waals surface area contributed by atoms with Crippen LogP contribution in [0, 0.1) is 13.8 Å². The number of carbonyl (C=O) groups is 2. The van der Waals surface area contributed by atoms with Crippen molar-refractivity contribution in [2.45, 2.75) is 65.3 Å². The molecule has 0 saturated heterocycles. The number of hydrogen-bond acceptors (Lipinski definition) is 8. The third kappa shape index (κ3) is 7.18. The maximum absolute atomic E-state index is 13.0. The lowest BCUT2D eigenvalue weighted by Crippen LogP contribution is -2.16. The summed E-state index contributed by atoms with van der Waals surface area (Å²) in [5.74, 6) is 0.796. The van der Waals surface area contributed by atoms with Gasteiger partial charge in [0.1, 0.15) is 22.9 Å². The van der Waals surface area contributed by atoms with Crippen LogP contribution in [-0.4, -0.2) is 39.5 Å². The number of aryl methyl sites for hydroxylation is 2. The average molecular weight is 593 g/mol. The number of methoxy groups -OCH3 is 1. The van der Waals surface area contributed by atoms with E-state index in [2.05, 4.69) is 48.4 Å². The monoisotopic (exact) mass is 592 g/mol. The highest BCUT2D eigenvalue weighted by Crippen LogP contribution is 2.38. The molecule has 41 heavy (non-hydrogen) atoms. The summed E-state index contributed by atoms with van der Waals surface area (Å²) in [6.45, 7) is 13.4. The van der Waals surface area contributed by atoms with Gasteiger partial charge in [-0.05, 0) is 55.0 Å². The minimum Gasteiger partial charge on any atom is -0.486 e. The fourth-order valence-corrected chi connectivity index (χ4v) is 6.11. The Morgan fingerprint density at radius 1 is 1.05 bits per heavy atom. The van der Waals surface area contributed by atoms with E-state index in [-0.39, 0.29) is 23.7 Å². The van der Waals surface area contributed by atoms with Gasteiger partial charge in [-0.25, -0.2) is 4.79 Å². The van der Waals surface area contributed by atoms with E-state index >= 15 is 0 Å². The quantitative estimate of drug-likeness (QED) is 0.156. The van der Waals surface area contributed by atoms with Gasteiger partial charge < -0.3 is 19.4 Å². The molecule has 0 spiro atoms. The number of amides is 1. The predicted octanol–water partition coefficient (Wildman–Crippen LogP) is 7.04. The number of aromatic nitrogens is 3. The van der Waals surface area contributed by atoms with Crippen LogP contribution in [0.15, 0.2) is 53.0 Å². The fourth-order valence-electron chi connectivity index (χ4n) is 4.32. The molecule has 0 unspecified atom stereocenters. The van der Waals surface area contributed by atoms with E-state index in [0.29, 0.717) is 28.1 Å². The molecule has 8 nitrogen and oxygen atoms in total. The molecule has 0 aliphatic carbocycles. The van der Waals surface area contributed by atoms with Crippen molar-refractivity contribution in [1.29, 1.82) is 0 Å². The van der Waals surface area contributed by atoms with Gasteiger partial charge in [0.05, 0.1) is 12.9 Å². The highest BCUT2D eigenvalue weighted by molar-refractivity contribution is 7.99. The third-order valence-electron chi connectivity index (χ3n) is 6.65. The Kier molecular flexibility index (Phi) is 9.55. The van der Waals surface area contributed by atoms with Crippen molar-refractivity contribution in [3.8, 4) is 16.9 Å². The lowest BCUT2D eigenvalue weighted by atomic mass is 9.87. The summed E-state index contributed by atoms with van der Waals surface area (Å²) in [5.41, 5.74) is 5.47. The number of carbonyl (C=O) groups excluding carboxylic acids is 2. The zero-order valence-corrected chi connectivity index (χ0v) is 26.2. The molecule has 216 valence electrons. The molecule has 0 atom stereocenters. The van der Waals surface area contributed by atoms with Gasteiger partial charge in [-0.3, -0.25) is 4.79 Å².